The summed E-state index contributed by atoms with van der Waals surface area (Å²) in [5, 5.41) is 17.3. The average molecular weight is 549 g/mol. The highest BCUT2D eigenvalue weighted by Crippen LogP contribution is 2.47. The van der Waals surface area contributed by atoms with Crippen molar-refractivity contribution in [3.8, 4) is 6.07 Å². The lowest BCUT2D eigenvalue weighted by atomic mass is 9.97. The number of anilines is 1. The highest BCUT2D eigenvalue weighted by molar-refractivity contribution is 5.88. The van der Waals surface area contributed by atoms with Crippen molar-refractivity contribution in [2.45, 2.75) is 102 Å². The molecule has 0 radical (unpaired) electrons. The quantitative estimate of drug-likeness (QED) is 0.373. The molecule has 2 N–H and O–H groups in total. The van der Waals surface area contributed by atoms with Gasteiger partial charge in [-0.2, -0.15) is 5.26 Å². The molecule has 6 bridgehead atoms. The number of nitrogens with zero attached hydrogens (tertiary/aromatic N) is 4. The second-order valence-corrected chi connectivity index (χ2v) is 11.6. The van der Waals surface area contributed by atoms with Crippen LogP contribution >= 0.6 is 0 Å². The third kappa shape index (κ3) is 5.73. The van der Waals surface area contributed by atoms with E-state index in [0.29, 0.717) is 53.2 Å². The molecule has 0 amide bonds. The second kappa shape index (κ2) is 11.2. The molecule has 1 saturated carbocycles. The fourth-order valence-corrected chi connectivity index (χ4v) is 5.70. The van der Waals surface area contributed by atoms with Gasteiger partial charge in [0.15, 0.2) is 0 Å². The van der Waals surface area contributed by atoms with E-state index in [0.717, 1.165) is 32.1 Å². The number of rotatable bonds is 1. The van der Waals surface area contributed by atoms with Crippen LogP contribution in [0.5, 0.6) is 0 Å². The Morgan fingerprint density at radius 1 is 1.07 bits per heavy atom. The normalized spacial score (nSPS) is 23.2. The van der Waals surface area contributed by atoms with Gasteiger partial charge in [0.2, 0.25) is 0 Å². The molecule has 2 aromatic heterocycles. The molecule has 1 aromatic carbocycles. The van der Waals surface area contributed by atoms with Crippen molar-refractivity contribution in [3.05, 3.63) is 63.2 Å². The number of hydrogen-bond acceptors (Lipinski definition) is 6. The summed E-state index contributed by atoms with van der Waals surface area (Å²) in [5.74, 6) is -1.92. The van der Waals surface area contributed by atoms with E-state index >= 15 is 8.78 Å². The molecule has 3 heterocycles. The van der Waals surface area contributed by atoms with Crippen molar-refractivity contribution < 1.29 is 8.78 Å². The van der Waals surface area contributed by atoms with Gasteiger partial charge in [-0.3, -0.25) is 9.36 Å². The Kier molecular flexibility index (Phi) is 7.92. The Bertz CT molecular complexity index is 1490. The first-order valence-corrected chi connectivity index (χ1v) is 14.5. The van der Waals surface area contributed by atoms with Gasteiger partial charge in [0, 0.05) is 42.7 Å². The third-order valence-corrected chi connectivity index (χ3v) is 8.40. The zero-order chi connectivity index (χ0) is 28.5. The lowest BCUT2D eigenvalue weighted by Crippen LogP contribution is -2.30. The van der Waals surface area contributed by atoms with Crippen molar-refractivity contribution in [1.29, 1.82) is 5.26 Å². The van der Waals surface area contributed by atoms with E-state index < -0.39 is 11.3 Å². The lowest BCUT2D eigenvalue weighted by molar-refractivity contribution is -0.0133. The van der Waals surface area contributed by atoms with Crippen molar-refractivity contribution in [2.75, 3.05) is 11.9 Å². The Morgan fingerprint density at radius 2 is 1.85 bits per heavy atom. The van der Waals surface area contributed by atoms with Crippen LogP contribution < -0.4 is 16.2 Å². The van der Waals surface area contributed by atoms with Crippen molar-refractivity contribution in [3.63, 3.8) is 0 Å². The predicted octanol–water partition coefficient (Wildman–Crippen LogP) is 6.25. The number of nitriles is 1. The van der Waals surface area contributed by atoms with E-state index in [1.807, 2.05) is 19.9 Å². The fraction of sp³-hybridized carbons (Fsp3) is 0.548. The molecule has 7 nitrogen and oxygen atoms in total. The number of hydrogen-bond donors (Lipinski definition) is 2. The number of halogens is 2. The van der Waals surface area contributed by atoms with E-state index in [4.69, 9.17) is 0 Å². The van der Waals surface area contributed by atoms with Gasteiger partial charge in [-0.25, -0.2) is 18.7 Å². The summed E-state index contributed by atoms with van der Waals surface area (Å²) in [7, 11) is 0. The van der Waals surface area contributed by atoms with Crippen LogP contribution in [0.15, 0.2) is 35.1 Å². The molecule has 9 heteroatoms. The van der Waals surface area contributed by atoms with E-state index in [1.54, 1.807) is 29.7 Å². The summed E-state index contributed by atoms with van der Waals surface area (Å²) in [6.45, 7) is 6.49. The van der Waals surface area contributed by atoms with Crippen LogP contribution in [0.3, 0.4) is 0 Å². The average Bonchev–Trinajstić information content (AvgIpc) is 3.72. The molecule has 2 aliphatic rings. The minimum atomic E-state index is -2.96. The van der Waals surface area contributed by atoms with Crippen LogP contribution in [0.1, 0.15) is 93.8 Å². The van der Waals surface area contributed by atoms with E-state index in [2.05, 4.69) is 26.7 Å². The van der Waals surface area contributed by atoms with Crippen LogP contribution in [0.2, 0.25) is 0 Å². The smallest absolute Gasteiger partial charge is 0.274 e. The number of benzene rings is 1. The first-order chi connectivity index (χ1) is 19.1. The molecular formula is C31H38F2N6O. The van der Waals surface area contributed by atoms with Crippen LogP contribution in [-0.4, -0.2) is 27.1 Å². The minimum absolute atomic E-state index is 0.00736. The van der Waals surface area contributed by atoms with Crippen LogP contribution in [0.4, 0.5) is 14.6 Å². The van der Waals surface area contributed by atoms with Gasteiger partial charge in [-0.05, 0) is 64.2 Å². The summed E-state index contributed by atoms with van der Waals surface area (Å²) in [6, 6.07) is 10.5. The molecule has 1 aliphatic carbocycles. The molecule has 1 fully saturated rings. The van der Waals surface area contributed by atoms with E-state index in [1.165, 1.54) is 6.07 Å². The van der Waals surface area contributed by atoms with Gasteiger partial charge < -0.3 is 10.6 Å². The summed E-state index contributed by atoms with van der Waals surface area (Å²) >= 11 is 0. The van der Waals surface area contributed by atoms with Gasteiger partial charge in [-0.1, -0.05) is 37.5 Å². The lowest BCUT2D eigenvalue weighted by Gasteiger charge is -2.22. The van der Waals surface area contributed by atoms with Gasteiger partial charge in [0.05, 0.1) is 16.9 Å². The number of nitrogens with one attached hydrogen (secondary N) is 2. The van der Waals surface area contributed by atoms with Crippen molar-refractivity contribution in [1.82, 2.24) is 19.9 Å². The van der Waals surface area contributed by atoms with Gasteiger partial charge in [-0.15, -0.1) is 0 Å². The maximum absolute atomic E-state index is 15.2. The largest absolute Gasteiger partial charge is 0.363 e. The zero-order valence-corrected chi connectivity index (χ0v) is 23.6. The van der Waals surface area contributed by atoms with E-state index in [-0.39, 0.29) is 36.2 Å². The fourth-order valence-electron chi connectivity index (χ4n) is 5.70. The molecule has 2 atom stereocenters. The molecule has 212 valence electrons. The molecule has 3 aromatic rings. The standard InChI is InChI=1S/C31H38F2N6O/c1-20-9-6-4-5-7-16-39-28-25(18-26(29(39)40)30(19-34)12-13-30)27(37-22(3)38-28)36-21(2)23-10-8-11-24(17-23)31(32,33)14-15-35-20/h8,10-11,17-18,20-21,35H,4-7,9,12-16H2,1-3H3,(H,36,37,38)/t20?,21-/m1/s1. The monoisotopic (exact) mass is 548 g/mol. The second-order valence-electron chi connectivity index (χ2n) is 11.6. The number of aromatic nitrogens is 3. The van der Waals surface area contributed by atoms with Crippen LogP contribution in [0, 0.1) is 18.3 Å². The topological polar surface area (TPSA) is 95.6 Å². The summed E-state index contributed by atoms with van der Waals surface area (Å²) in [5.41, 5.74) is 0.816. The summed E-state index contributed by atoms with van der Waals surface area (Å²) in [4.78, 5) is 23.1. The van der Waals surface area contributed by atoms with Crippen LogP contribution in [-0.2, 0) is 17.9 Å². The Balaban J connectivity index is 1.60. The highest BCUT2D eigenvalue weighted by atomic mass is 19.3. The molecule has 0 saturated heterocycles. The maximum atomic E-state index is 15.2. The third-order valence-electron chi connectivity index (χ3n) is 8.40. The summed E-state index contributed by atoms with van der Waals surface area (Å²) in [6.07, 6.45) is 5.66. The predicted molar refractivity (Wildman–Crippen MR) is 153 cm³/mol. The minimum Gasteiger partial charge on any atom is -0.363 e. The Morgan fingerprint density at radius 3 is 2.60 bits per heavy atom. The highest BCUT2D eigenvalue weighted by Gasteiger charge is 2.47. The molecule has 1 unspecified atom stereocenters. The molecule has 0 spiro atoms. The van der Waals surface area contributed by atoms with Gasteiger partial charge >= 0.3 is 0 Å². The molecular weight excluding hydrogens is 510 g/mol. The zero-order valence-electron chi connectivity index (χ0n) is 23.6. The number of pyridine rings is 1. The van der Waals surface area contributed by atoms with Gasteiger partial charge in [0.25, 0.3) is 11.5 Å². The van der Waals surface area contributed by atoms with Gasteiger partial charge in [0.1, 0.15) is 17.3 Å². The van der Waals surface area contributed by atoms with Crippen LogP contribution in [0.25, 0.3) is 11.0 Å². The maximum Gasteiger partial charge on any atom is 0.274 e. The molecule has 40 heavy (non-hydrogen) atoms. The summed E-state index contributed by atoms with van der Waals surface area (Å²) < 4.78 is 32.1. The number of aryl methyl sites for hydroxylation is 2. The first kappa shape index (κ1) is 28.2. The SMILES string of the molecule is Cc1nc2c3cc(C4(C#N)CC4)c(=O)n(c3n1)CCCCCCC(C)NCCC(F)(F)c1cccc(c1)[C@@H](C)N2. The Hall–Kier alpha value is -3.38. The first-order valence-electron chi connectivity index (χ1n) is 14.5. The molecule has 1 aliphatic heterocycles. The number of fused-ring (bicyclic) bond motifs is 2. The van der Waals surface area contributed by atoms with E-state index in [9.17, 15) is 10.1 Å². The molecule has 5 rings (SSSR count). The van der Waals surface area contributed by atoms with Crippen molar-refractivity contribution in [2.24, 2.45) is 0 Å². The number of alkyl halides is 2. The Labute approximate surface area is 234 Å². The van der Waals surface area contributed by atoms with Crippen molar-refractivity contribution >= 4 is 16.9 Å².